The molecule has 3 aromatic rings. The highest BCUT2D eigenvalue weighted by Crippen LogP contribution is 2.31. The van der Waals surface area contributed by atoms with Crippen molar-refractivity contribution in [3.8, 4) is 0 Å². The SMILES string of the molecule is CCN(C(=O)c1cccc(NC2=C(Cl)C(=O)N(c3ccc(Br)cc3)C2=O)c1)c1ccccc1. The molecule has 0 aliphatic carbocycles. The summed E-state index contributed by atoms with van der Waals surface area (Å²) in [6.45, 7) is 2.39. The molecule has 0 saturated heterocycles. The number of hydrogen-bond donors (Lipinski definition) is 1. The summed E-state index contributed by atoms with van der Waals surface area (Å²) in [5.74, 6) is -1.36. The highest BCUT2D eigenvalue weighted by atomic mass is 79.9. The minimum Gasteiger partial charge on any atom is -0.350 e. The monoisotopic (exact) mass is 523 g/mol. The van der Waals surface area contributed by atoms with E-state index in [0.29, 0.717) is 23.5 Å². The van der Waals surface area contributed by atoms with Crippen LogP contribution < -0.4 is 15.1 Å². The summed E-state index contributed by atoms with van der Waals surface area (Å²) in [7, 11) is 0. The Balaban J connectivity index is 1.58. The Labute approximate surface area is 204 Å². The lowest BCUT2D eigenvalue weighted by molar-refractivity contribution is -0.120. The fourth-order valence-electron chi connectivity index (χ4n) is 3.52. The van der Waals surface area contributed by atoms with E-state index in [1.54, 1.807) is 53.4 Å². The zero-order chi connectivity index (χ0) is 23.5. The average molecular weight is 525 g/mol. The van der Waals surface area contributed by atoms with Crippen molar-refractivity contribution in [2.45, 2.75) is 6.92 Å². The molecule has 0 spiro atoms. The first-order valence-electron chi connectivity index (χ1n) is 10.2. The number of carbonyl (C=O) groups is 3. The average Bonchev–Trinajstić information content (AvgIpc) is 3.04. The Hall–Kier alpha value is -3.42. The molecule has 3 aromatic carbocycles. The van der Waals surface area contributed by atoms with Crippen LogP contribution in [0.3, 0.4) is 0 Å². The smallest absolute Gasteiger partial charge is 0.283 e. The van der Waals surface area contributed by atoms with Crippen molar-refractivity contribution >= 4 is 62.3 Å². The third-order valence-corrected chi connectivity index (χ3v) is 6.00. The Kier molecular flexibility index (Phi) is 6.62. The Morgan fingerprint density at radius 1 is 0.970 bits per heavy atom. The fraction of sp³-hybridized carbons (Fsp3) is 0.0800. The van der Waals surface area contributed by atoms with Gasteiger partial charge in [0.05, 0.1) is 5.69 Å². The minimum absolute atomic E-state index is 0.0374. The van der Waals surface area contributed by atoms with E-state index in [4.69, 9.17) is 11.6 Å². The van der Waals surface area contributed by atoms with Crippen LogP contribution >= 0.6 is 27.5 Å². The van der Waals surface area contributed by atoms with Crippen molar-refractivity contribution in [2.24, 2.45) is 0 Å². The molecular weight excluding hydrogens is 506 g/mol. The van der Waals surface area contributed by atoms with Crippen molar-refractivity contribution in [1.82, 2.24) is 0 Å². The number of anilines is 3. The molecule has 1 heterocycles. The van der Waals surface area contributed by atoms with Gasteiger partial charge in [0.2, 0.25) is 0 Å². The van der Waals surface area contributed by atoms with E-state index in [1.807, 2.05) is 37.3 Å². The quantitative estimate of drug-likeness (QED) is 0.429. The van der Waals surface area contributed by atoms with Gasteiger partial charge in [0.1, 0.15) is 10.7 Å². The molecule has 4 rings (SSSR count). The standard InChI is InChI=1S/C25H19BrClN3O3/c1-2-29(19-9-4-3-5-10-19)23(31)16-7-6-8-18(15-16)28-22-21(27)24(32)30(25(22)33)20-13-11-17(26)12-14-20/h3-15,28H,2H2,1H3. The van der Waals surface area contributed by atoms with Gasteiger partial charge in [-0.1, -0.05) is 51.8 Å². The molecule has 33 heavy (non-hydrogen) atoms. The molecule has 0 aromatic heterocycles. The lowest BCUT2D eigenvalue weighted by atomic mass is 10.1. The number of amides is 3. The number of carbonyl (C=O) groups excluding carboxylic acids is 3. The molecule has 0 atom stereocenters. The maximum Gasteiger partial charge on any atom is 0.283 e. The predicted octanol–water partition coefficient (Wildman–Crippen LogP) is 5.55. The largest absolute Gasteiger partial charge is 0.350 e. The lowest BCUT2D eigenvalue weighted by Crippen LogP contribution is -2.32. The van der Waals surface area contributed by atoms with E-state index >= 15 is 0 Å². The van der Waals surface area contributed by atoms with E-state index in [2.05, 4.69) is 21.2 Å². The van der Waals surface area contributed by atoms with Gasteiger partial charge in [-0.25, -0.2) is 4.90 Å². The molecule has 0 radical (unpaired) electrons. The van der Waals surface area contributed by atoms with Crippen LogP contribution in [0.1, 0.15) is 17.3 Å². The minimum atomic E-state index is -0.611. The summed E-state index contributed by atoms with van der Waals surface area (Å²) >= 11 is 9.56. The maximum absolute atomic E-state index is 13.1. The third-order valence-electron chi connectivity index (χ3n) is 5.12. The molecule has 6 nitrogen and oxygen atoms in total. The molecule has 166 valence electrons. The number of benzene rings is 3. The van der Waals surface area contributed by atoms with E-state index < -0.39 is 11.8 Å². The van der Waals surface area contributed by atoms with Gasteiger partial charge >= 0.3 is 0 Å². The fourth-order valence-corrected chi connectivity index (χ4v) is 3.99. The highest BCUT2D eigenvalue weighted by Gasteiger charge is 2.39. The van der Waals surface area contributed by atoms with Crippen molar-refractivity contribution in [3.63, 3.8) is 0 Å². The van der Waals surface area contributed by atoms with E-state index in [-0.39, 0.29) is 16.6 Å². The van der Waals surface area contributed by atoms with Crippen LogP contribution in [0.15, 0.2) is 94.1 Å². The van der Waals surface area contributed by atoms with Gasteiger partial charge in [-0.05, 0) is 61.5 Å². The zero-order valence-corrected chi connectivity index (χ0v) is 19.9. The number of nitrogens with one attached hydrogen (secondary N) is 1. The van der Waals surface area contributed by atoms with Crippen molar-refractivity contribution in [3.05, 3.63) is 99.6 Å². The number of imide groups is 1. The molecule has 8 heteroatoms. The van der Waals surface area contributed by atoms with Crippen LogP contribution in [-0.2, 0) is 9.59 Å². The van der Waals surface area contributed by atoms with E-state index in [1.165, 1.54) is 0 Å². The van der Waals surface area contributed by atoms with Gasteiger partial charge in [-0.2, -0.15) is 0 Å². The van der Waals surface area contributed by atoms with Crippen LogP contribution in [0.2, 0.25) is 0 Å². The van der Waals surface area contributed by atoms with Crippen LogP contribution in [-0.4, -0.2) is 24.3 Å². The molecular formula is C25H19BrClN3O3. The molecule has 0 fully saturated rings. The van der Waals surface area contributed by atoms with Crippen LogP contribution in [0.4, 0.5) is 17.1 Å². The van der Waals surface area contributed by atoms with Gasteiger partial charge < -0.3 is 10.2 Å². The molecule has 3 amide bonds. The summed E-state index contributed by atoms with van der Waals surface area (Å²) in [5, 5.41) is 2.72. The van der Waals surface area contributed by atoms with Gasteiger partial charge in [0.25, 0.3) is 17.7 Å². The van der Waals surface area contributed by atoms with Gasteiger partial charge in [0.15, 0.2) is 0 Å². The van der Waals surface area contributed by atoms with E-state index in [9.17, 15) is 14.4 Å². The van der Waals surface area contributed by atoms with E-state index in [0.717, 1.165) is 15.1 Å². The summed E-state index contributed by atoms with van der Waals surface area (Å²) in [4.78, 5) is 41.5. The van der Waals surface area contributed by atoms with Crippen molar-refractivity contribution in [1.29, 1.82) is 0 Å². The van der Waals surface area contributed by atoms with Gasteiger partial charge in [-0.15, -0.1) is 0 Å². The van der Waals surface area contributed by atoms with Crippen molar-refractivity contribution in [2.75, 3.05) is 21.7 Å². The number of halogens is 2. The first-order valence-corrected chi connectivity index (χ1v) is 11.4. The predicted molar refractivity (Wildman–Crippen MR) is 133 cm³/mol. The lowest BCUT2D eigenvalue weighted by Gasteiger charge is -2.21. The number of nitrogens with zero attached hydrogens (tertiary/aromatic N) is 2. The van der Waals surface area contributed by atoms with Crippen molar-refractivity contribution < 1.29 is 14.4 Å². The Morgan fingerprint density at radius 2 is 1.67 bits per heavy atom. The summed E-state index contributed by atoms with van der Waals surface area (Å²) in [6, 6.07) is 22.9. The second-order valence-corrected chi connectivity index (χ2v) is 8.50. The zero-order valence-electron chi connectivity index (χ0n) is 17.6. The first-order chi connectivity index (χ1) is 15.9. The summed E-state index contributed by atoms with van der Waals surface area (Å²) in [6.07, 6.45) is 0. The molecule has 1 aliphatic rings. The topological polar surface area (TPSA) is 69.7 Å². The number of rotatable bonds is 6. The normalized spacial score (nSPS) is 13.5. The van der Waals surface area contributed by atoms with Crippen LogP contribution in [0.25, 0.3) is 0 Å². The molecule has 1 aliphatic heterocycles. The Morgan fingerprint density at radius 3 is 2.33 bits per heavy atom. The van der Waals surface area contributed by atoms with Gasteiger partial charge in [-0.3, -0.25) is 14.4 Å². The maximum atomic E-state index is 13.1. The summed E-state index contributed by atoms with van der Waals surface area (Å²) < 4.78 is 0.820. The molecule has 0 bridgehead atoms. The number of hydrogen-bond acceptors (Lipinski definition) is 4. The third kappa shape index (κ3) is 4.55. The second kappa shape index (κ2) is 9.60. The number of para-hydroxylation sites is 1. The van der Waals surface area contributed by atoms with Crippen LogP contribution in [0.5, 0.6) is 0 Å². The molecule has 0 unspecified atom stereocenters. The Bertz CT molecular complexity index is 1260. The molecule has 1 N–H and O–H groups in total. The summed E-state index contributed by atoms with van der Waals surface area (Å²) in [5.41, 5.74) is 2.06. The first kappa shape index (κ1) is 22.8. The molecule has 0 saturated carbocycles. The highest BCUT2D eigenvalue weighted by molar-refractivity contribution is 9.10. The second-order valence-electron chi connectivity index (χ2n) is 7.20. The van der Waals surface area contributed by atoms with Crippen LogP contribution in [0, 0.1) is 0 Å². The van der Waals surface area contributed by atoms with Gasteiger partial charge in [0, 0.05) is 28.0 Å².